The number of carbonyl (C=O) groups is 1. The third-order valence-corrected chi connectivity index (χ3v) is 2.25. The van der Waals surface area contributed by atoms with Gasteiger partial charge < -0.3 is 10.8 Å². The first-order valence-corrected chi connectivity index (χ1v) is 4.67. The van der Waals surface area contributed by atoms with E-state index in [1.807, 2.05) is 24.3 Å². The SMILES string of the molecule is C[C@@](N)(Cc1cccc(S)c1)C(=O)O. The minimum atomic E-state index is -1.22. The fourth-order valence-corrected chi connectivity index (χ4v) is 1.42. The lowest BCUT2D eigenvalue weighted by Crippen LogP contribution is -2.46. The van der Waals surface area contributed by atoms with Crippen LogP contribution in [-0.4, -0.2) is 16.6 Å². The van der Waals surface area contributed by atoms with Crippen LogP contribution in [0.5, 0.6) is 0 Å². The first-order chi connectivity index (χ1) is 6.42. The van der Waals surface area contributed by atoms with Crippen molar-refractivity contribution in [2.45, 2.75) is 23.8 Å². The molecular weight excluding hydrogens is 198 g/mol. The van der Waals surface area contributed by atoms with Crippen molar-refractivity contribution in [1.82, 2.24) is 0 Å². The normalized spacial score (nSPS) is 14.8. The molecule has 0 saturated heterocycles. The first kappa shape index (κ1) is 11.1. The van der Waals surface area contributed by atoms with Crippen LogP contribution in [0.4, 0.5) is 0 Å². The molecule has 1 atom stereocenters. The number of carboxylic acid groups (broad SMARTS) is 1. The molecule has 14 heavy (non-hydrogen) atoms. The van der Waals surface area contributed by atoms with Crippen LogP contribution in [0.2, 0.25) is 0 Å². The molecule has 3 N–H and O–H groups in total. The molecule has 1 rings (SSSR count). The highest BCUT2D eigenvalue weighted by molar-refractivity contribution is 7.80. The zero-order chi connectivity index (χ0) is 10.8. The van der Waals surface area contributed by atoms with Crippen LogP contribution in [0.3, 0.4) is 0 Å². The maximum Gasteiger partial charge on any atom is 0.323 e. The molecule has 0 aliphatic rings. The summed E-state index contributed by atoms with van der Waals surface area (Å²) in [4.78, 5) is 11.6. The highest BCUT2D eigenvalue weighted by Gasteiger charge is 2.27. The molecule has 76 valence electrons. The fraction of sp³-hybridized carbons (Fsp3) is 0.300. The Bertz CT molecular complexity index is 350. The maximum atomic E-state index is 10.8. The summed E-state index contributed by atoms with van der Waals surface area (Å²) in [5.74, 6) is -0.998. The maximum absolute atomic E-state index is 10.8. The van der Waals surface area contributed by atoms with Gasteiger partial charge in [0, 0.05) is 11.3 Å². The minimum absolute atomic E-state index is 0.302. The minimum Gasteiger partial charge on any atom is -0.480 e. The van der Waals surface area contributed by atoms with Crippen molar-refractivity contribution >= 4 is 18.6 Å². The molecule has 0 fully saturated rings. The molecule has 0 aliphatic carbocycles. The summed E-state index contributed by atoms with van der Waals surface area (Å²) in [5.41, 5.74) is 5.28. The number of rotatable bonds is 3. The quantitative estimate of drug-likeness (QED) is 0.661. The van der Waals surface area contributed by atoms with E-state index in [1.165, 1.54) is 6.92 Å². The van der Waals surface area contributed by atoms with E-state index in [-0.39, 0.29) is 0 Å². The van der Waals surface area contributed by atoms with E-state index < -0.39 is 11.5 Å². The van der Waals surface area contributed by atoms with Gasteiger partial charge in [-0.25, -0.2) is 0 Å². The number of aliphatic carboxylic acids is 1. The predicted molar refractivity (Wildman–Crippen MR) is 57.6 cm³/mol. The highest BCUT2D eigenvalue weighted by atomic mass is 32.1. The molecule has 0 saturated carbocycles. The van der Waals surface area contributed by atoms with E-state index in [9.17, 15) is 4.79 Å². The van der Waals surface area contributed by atoms with Crippen LogP contribution in [-0.2, 0) is 11.2 Å². The number of benzene rings is 1. The van der Waals surface area contributed by atoms with Crippen molar-refractivity contribution in [3.05, 3.63) is 29.8 Å². The Morgan fingerprint density at radius 1 is 1.64 bits per heavy atom. The lowest BCUT2D eigenvalue weighted by molar-refractivity contribution is -0.142. The Morgan fingerprint density at radius 3 is 2.79 bits per heavy atom. The number of hydrogen-bond acceptors (Lipinski definition) is 3. The zero-order valence-electron chi connectivity index (χ0n) is 7.90. The Hall–Kier alpha value is -1.00. The largest absolute Gasteiger partial charge is 0.480 e. The predicted octanol–water partition coefficient (Wildman–Crippen LogP) is 1.32. The van der Waals surface area contributed by atoms with E-state index in [0.717, 1.165) is 10.5 Å². The standard InChI is InChI=1S/C10H13NO2S/c1-10(11,9(12)13)6-7-3-2-4-8(14)5-7/h2-5,14H,6,11H2,1H3,(H,12,13)/t10-/m1/s1. The van der Waals surface area contributed by atoms with Crippen LogP contribution < -0.4 is 5.73 Å². The van der Waals surface area contributed by atoms with Gasteiger partial charge in [-0.15, -0.1) is 12.6 Å². The molecule has 0 unspecified atom stereocenters. The Kier molecular flexibility index (Phi) is 3.18. The molecule has 3 nitrogen and oxygen atoms in total. The third kappa shape index (κ3) is 2.75. The molecule has 0 aromatic heterocycles. The van der Waals surface area contributed by atoms with Crippen molar-refractivity contribution < 1.29 is 9.90 Å². The lowest BCUT2D eigenvalue weighted by atomic mass is 9.94. The molecular formula is C10H13NO2S. The Morgan fingerprint density at radius 2 is 2.29 bits per heavy atom. The van der Waals surface area contributed by atoms with Crippen LogP contribution in [0.15, 0.2) is 29.2 Å². The van der Waals surface area contributed by atoms with Crippen molar-refractivity contribution in [3.8, 4) is 0 Å². The summed E-state index contributed by atoms with van der Waals surface area (Å²) in [6, 6.07) is 7.32. The van der Waals surface area contributed by atoms with Gasteiger partial charge in [-0.05, 0) is 24.6 Å². The topological polar surface area (TPSA) is 63.3 Å². The fourth-order valence-electron chi connectivity index (χ4n) is 1.17. The second kappa shape index (κ2) is 4.02. The summed E-state index contributed by atoms with van der Waals surface area (Å²) in [5, 5.41) is 8.83. The van der Waals surface area contributed by atoms with Crippen LogP contribution in [0.1, 0.15) is 12.5 Å². The van der Waals surface area contributed by atoms with Gasteiger partial charge >= 0.3 is 5.97 Å². The molecule has 1 aromatic rings. The zero-order valence-corrected chi connectivity index (χ0v) is 8.79. The molecule has 0 radical (unpaired) electrons. The average molecular weight is 211 g/mol. The van der Waals surface area contributed by atoms with Crippen molar-refractivity contribution in [1.29, 1.82) is 0 Å². The molecule has 4 heteroatoms. The van der Waals surface area contributed by atoms with E-state index in [2.05, 4.69) is 12.6 Å². The van der Waals surface area contributed by atoms with E-state index in [4.69, 9.17) is 10.8 Å². The third-order valence-electron chi connectivity index (χ3n) is 1.97. The van der Waals surface area contributed by atoms with E-state index >= 15 is 0 Å². The summed E-state index contributed by atoms with van der Waals surface area (Å²) < 4.78 is 0. The number of nitrogens with two attached hydrogens (primary N) is 1. The summed E-state index contributed by atoms with van der Waals surface area (Å²) in [6.07, 6.45) is 0.302. The van der Waals surface area contributed by atoms with Gasteiger partial charge in [0.05, 0.1) is 0 Å². The molecule has 0 heterocycles. The summed E-state index contributed by atoms with van der Waals surface area (Å²) in [6.45, 7) is 1.50. The van der Waals surface area contributed by atoms with Gasteiger partial charge in [-0.3, -0.25) is 4.79 Å². The van der Waals surface area contributed by atoms with Crippen LogP contribution in [0, 0.1) is 0 Å². The van der Waals surface area contributed by atoms with Gasteiger partial charge in [-0.1, -0.05) is 12.1 Å². The van der Waals surface area contributed by atoms with Crippen LogP contribution >= 0.6 is 12.6 Å². The van der Waals surface area contributed by atoms with Crippen LogP contribution in [0.25, 0.3) is 0 Å². The summed E-state index contributed by atoms with van der Waals surface area (Å²) >= 11 is 4.17. The lowest BCUT2D eigenvalue weighted by Gasteiger charge is -2.18. The second-order valence-electron chi connectivity index (χ2n) is 3.57. The van der Waals surface area contributed by atoms with E-state index in [0.29, 0.717) is 6.42 Å². The van der Waals surface area contributed by atoms with Crippen molar-refractivity contribution in [2.75, 3.05) is 0 Å². The molecule has 0 aliphatic heterocycles. The molecule has 0 bridgehead atoms. The molecule has 1 aromatic carbocycles. The number of thiol groups is 1. The molecule has 0 spiro atoms. The van der Waals surface area contributed by atoms with E-state index in [1.54, 1.807) is 0 Å². The van der Waals surface area contributed by atoms with Crippen molar-refractivity contribution in [2.24, 2.45) is 5.73 Å². The first-order valence-electron chi connectivity index (χ1n) is 4.22. The van der Waals surface area contributed by atoms with Crippen molar-refractivity contribution in [3.63, 3.8) is 0 Å². The monoisotopic (exact) mass is 211 g/mol. The molecule has 0 amide bonds. The smallest absolute Gasteiger partial charge is 0.323 e. The van der Waals surface area contributed by atoms with Gasteiger partial charge in [0.2, 0.25) is 0 Å². The van der Waals surface area contributed by atoms with Gasteiger partial charge in [-0.2, -0.15) is 0 Å². The second-order valence-corrected chi connectivity index (χ2v) is 4.09. The highest BCUT2D eigenvalue weighted by Crippen LogP contribution is 2.14. The number of carboxylic acids is 1. The van der Waals surface area contributed by atoms with Gasteiger partial charge in [0.1, 0.15) is 5.54 Å². The Labute approximate surface area is 88.3 Å². The number of hydrogen-bond donors (Lipinski definition) is 3. The summed E-state index contributed by atoms with van der Waals surface area (Å²) in [7, 11) is 0. The average Bonchev–Trinajstić information content (AvgIpc) is 2.02. The van der Waals surface area contributed by atoms with Gasteiger partial charge in [0.25, 0.3) is 0 Å². The van der Waals surface area contributed by atoms with Gasteiger partial charge in [0.15, 0.2) is 0 Å². The Balaban J connectivity index is 2.83.